The predicted octanol–water partition coefficient (Wildman–Crippen LogP) is 1.72. The van der Waals surface area contributed by atoms with Crippen LogP contribution in [0.25, 0.3) is 0 Å². The topological polar surface area (TPSA) is 170 Å². The minimum absolute atomic E-state index is 0.0926. The fourth-order valence-corrected chi connectivity index (χ4v) is 2.45. The molecule has 0 atom stereocenters. The second-order valence-electron chi connectivity index (χ2n) is 11.3. The van der Waals surface area contributed by atoms with Crippen molar-refractivity contribution in [2.24, 2.45) is 0 Å². The second-order valence-corrected chi connectivity index (χ2v) is 12.7. The van der Waals surface area contributed by atoms with Crippen molar-refractivity contribution in [1.29, 1.82) is 0 Å². The number of likely N-dealkylation sites (tertiary alicyclic amines) is 1. The SMILES string of the molecule is C1CCOC1.CC(=O)N(C)C.CN(C)C=O.CN1CCCC1=O.COCCOC.COCCOCCOC.COCCOCCOCCOC.CS(C)=O. The highest BCUT2D eigenvalue weighted by Crippen LogP contribution is 2.04. The van der Waals surface area contributed by atoms with Gasteiger partial charge in [-0.05, 0) is 19.3 Å². The Kier molecular flexibility index (Phi) is 71.7. The van der Waals surface area contributed by atoms with Crippen molar-refractivity contribution in [2.75, 3.05) is 189 Å². The summed E-state index contributed by atoms with van der Waals surface area (Å²) in [6.45, 7) is 12.3. The zero-order chi connectivity index (χ0) is 42.7. The minimum Gasteiger partial charge on any atom is -0.382 e. The Hall–Kier alpha value is -1.84. The highest BCUT2D eigenvalue weighted by Gasteiger charge is 2.14. The maximum Gasteiger partial charge on any atom is 0.222 e. The van der Waals surface area contributed by atoms with E-state index in [0.717, 1.165) is 39.0 Å². The molecule has 2 rings (SSSR count). The number of methoxy groups -OCH3 is 6. The molecule has 2 saturated heterocycles. The van der Waals surface area contributed by atoms with Gasteiger partial charge < -0.3 is 62.1 Å². The number of hydrogen-bond donors (Lipinski definition) is 0. The summed E-state index contributed by atoms with van der Waals surface area (Å²) in [5.74, 6) is 0.384. The Morgan fingerprint density at radius 3 is 1.06 bits per heavy atom. The third-order valence-corrected chi connectivity index (χ3v) is 5.57. The molecule has 3 amide bonds. The molecule has 330 valence electrons. The molecule has 0 saturated carbocycles. The van der Waals surface area contributed by atoms with Crippen LogP contribution in [-0.4, -0.2) is 227 Å². The Balaban J connectivity index is -0.000000125. The molecule has 54 heavy (non-hydrogen) atoms. The molecule has 0 aromatic carbocycles. The number of nitrogens with zero attached hydrogens (tertiary/aromatic N) is 3. The van der Waals surface area contributed by atoms with E-state index in [-0.39, 0.29) is 5.91 Å². The van der Waals surface area contributed by atoms with Gasteiger partial charge in [0, 0.05) is 134 Å². The van der Waals surface area contributed by atoms with Crippen molar-refractivity contribution < 1.29 is 66.0 Å². The highest BCUT2D eigenvalue weighted by atomic mass is 32.2. The predicted molar refractivity (Wildman–Crippen MR) is 215 cm³/mol. The quantitative estimate of drug-likeness (QED) is 0.137. The van der Waals surface area contributed by atoms with Gasteiger partial charge >= 0.3 is 0 Å². The Morgan fingerprint density at radius 2 is 0.926 bits per heavy atom. The van der Waals surface area contributed by atoms with Gasteiger partial charge in [-0.15, -0.1) is 0 Å². The van der Waals surface area contributed by atoms with Gasteiger partial charge in [-0.25, -0.2) is 0 Å². The minimum atomic E-state index is -0.611. The Bertz CT molecular complexity index is 707. The molecule has 0 N–H and O–H groups in total. The summed E-state index contributed by atoms with van der Waals surface area (Å²) in [5, 5.41) is 0. The average Bonchev–Trinajstić information content (AvgIpc) is 3.85. The Morgan fingerprint density at radius 1 is 0.667 bits per heavy atom. The van der Waals surface area contributed by atoms with Crippen LogP contribution in [0.4, 0.5) is 0 Å². The summed E-state index contributed by atoms with van der Waals surface area (Å²) >= 11 is 0. The Labute approximate surface area is 331 Å². The maximum absolute atomic E-state index is 10.5. The summed E-state index contributed by atoms with van der Waals surface area (Å²) in [5.41, 5.74) is 0. The highest BCUT2D eigenvalue weighted by molar-refractivity contribution is 7.83. The van der Waals surface area contributed by atoms with E-state index in [1.165, 1.54) is 29.6 Å². The van der Waals surface area contributed by atoms with E-state index in [2.05, 4.69) is 9.47 Å². The van der Waals surface area contributed by atoms with E-state index in [1.807, 2.05) is 7.05 Å². The van der Waals surface area contributed by atoms with Crippen molar-refractivity contribution in [3.63, 3.8) is 0 Å². The first-order valence-corrected chi connectivity index (χ1v) is 19.7. The molecule has 0 spiro atoms. The van der Waals surface area contributed by atoms with Gasteiger partial charge in [-0.3, -0.25) is 18.6 Å². The van der Waals surface area contributed by atoms with Gasteiger partial charge in [-0.1, -0.05) is 0 Å². The molecule has 2 fully saturated rings. The normalized spacial score (nSPS) is 12.1. The van der Waals surface area contributed by atoms with E-state index in [0.29, 0.717) is 85.2 Å². The monoisotopic (exact) mass is 812 g/mol. The molecule has 0 unspecified atom stereocenters. The average molecular weight is 812 g/mol. The lowest BCUT2D eigenvalue weighted by atomic mass is 10.4. The van der Waals surface area contributed by atoms with E-state index in [9.17, 15) is 18.6 Å². The largest absolute Gasteiger partial charge is 0.382 e. The van der Waals surface area contributed by atoms with Crippen molar-refractivity contribution in [2.45, 2.75) is 32.6 Å². The molecule has 2 aliphatic rings. The number of carbonyl (C=O) groups excluding carboxylic acids is 3. The van der Waals surface area contributed by atoms with Crippen LogP contribution in [0.1, 0.15) is 32.6 Å². The van der Waals surface area contributed by atoms with Gasteiger partial charge in [0.1, 0.15) is 0 Å². The van der Waals surface area contributed by atoms with Crippen LogP contribution < -0.4 is 0 Å². The standard InChI is InChI=1S/C8H18O4.C6H14O3.C5H9NO.C4H9NO.C4H10O2.C4H8O.C3H7NO.C2H6OS/c1-9-3-5-11-7-8-12-6-4-10-2;1-7-3-5-9-6-4-8-2;1-6-4-2-3-5(6)7;1-4(6)5(2)3;1-5-3-4-6-2;1-2-4-5-3-1;1-4(2)3-5;1-4(2)3/h3-8H2,1-2H3;3-6H2,1-2H3;2-4H2,1H3;1-3H3;3-4H2,1-2H3;1-4H2;3H,1-2H3;1-2H3. The molecule has 2 aliphatic heterocycles. The van der Waals surface area contributed by atoms with Crippen molar-refractivity contribution in [1.82, 2.24) is 14.7 Å². The van der Waals surface area contributed by atoms with Crippen LogP contribution in [0.5, 0.6) is 0 Å². The zero-order valence-electron chi connectivity index (χ0n) is 36.5. The summed E-state index contributed by atoms with van der Waals surface area (Å²) in [4.78, 5) is 34.7. The molecule has 2 heterocycles. The summed E-state index contributed by atoms with van der Waals surface area (Å²) in [6, 6.07) is 0. The first kappa shape index (κ1) is 64.1. The lowest BCUT2D eigenvalue weighted by Gasteiger charge is -2.04. The molecule has 0 aromatic rings. The first-order valence-electron chi connectivity index (χ1n) is 17.7. The molecule has 18 heteroatoms. The van der Waals surface area contributed by atoms with Gasteiger partial charge in [0.2, 0.25) is 18.2 Å². The van der Waals surface area contributed by atoms with E-state index < -0.39 is 10.8 Å². The number of carbonyl (C=O) groups is 3. The van der Waals surface area contributed by atoms with Gasteiger partial charge in [-0.2, -0.15) is 0 Å². The van der Waals surface area contributed by atoms with Crippen LogP contribution >= 0.6 is 0 Å². The number of hydrogen-bond acceptors (Lipinski definition) is 14. The van der Waals surface area contributed by atoms with Crippen LogP contribution in [0.15, 0.2) is 0 Å². The fraction of sp³-hybridized carbons (Fsp3) is 0.917. The molecular formula is C36H81N3O14S. The van der Waals surface area contributed by atoms with Gasteiger partial charge in [0.25, 0.3) is 0 Å². The smallest absolute Gasteiger partial charge is 0.222 e. The first-order chi connectivity index (χ1) is 25.7. The van der Waals surface area contributed by atoms with Crippen molar-refractivity contribution in [3.8, 4) is 0 Å². The molecule has 0 radical (unpaired) electrons. The van der Waals surface area contributed by atoms with Crippen LogP contribution in [0.2, 0.25) is 0 Å². The second kappa shape index (κ2) is 60.4. The molecule has 0 aliphatic carbocycles. The van der Waals surface area contributed by atoms with Crippen LogP contribution in [-0.2, 0) is 72.6 Å². The van der Waals surface area contributed by atoms with Crippen LogP contribution in [0.3, 0.4) is 0 Å². The third kappa shape index (κ3) is 87.8. The van der Waals surface area contributed by atoms with E-state index >= 15 is 0 Å². The zero-order valence-corrected chi connectivity index (χ0v) is 37.3. The van der Waals surface area contributed by atoms with Crippen LogP contribution in [0, 0.1) is 0 Å². The van der Waals surface area contributed by atoms with Gasteiger partial charge in [0.05, 0.1) is 79.3 Å². The maximum atomic E-state index is 10.5. The molecular weight excluding hydrogens is 730 g/mol. The van der Waals surface area contributed by atoms with Gasteiger partial charge in [0.15, 0.2) is 0 Å². The lowest BCUT2D eigenvalue weighted by molar-refractivity contribution is -0.127. The number of ether oxygens (including phenoxy) is 10. The lowest BCUT2D eigenvalue weighted by Crippen LogP contribution is -2.17. The molecule has 0 aromatic heterocycles. The van der Waals surface area contributed by atoms with E-state index in [4.69, 9.17) is 37.9 Å². The van der Waals surface area contributed by atoms with Crippen molar-refractivity contribution in [3.05, 3.63) is 0 Å². The fourth-order valence-electron chi connectivity index (χ4n) is 2.45. The number of amides is 3. The van der Waals surface area contributed by atoms with Crippen molar-refractivity contribution >= 4 is 29.0 Å². The summed E-state index contributed by atoms with van der Waals surface area (Å²) < 4.78 is 58.3. The summed E-state index contributed by atoms with van der Waals surface area (Å²) in [6.07, 6.45) is 8.39. The third-order valence-electron chi connectivity index (χ3n) is 5.57. The molecule has 0 bridgehead atoms. The summed E-state index contributed by atoms with van der Waals surface area (Å²) in [7, 11) is 18.0. The number of rotatable bonds is 19. The molecule has 17 nitrogen and oxygen atoms in total. The van der Waals surface area contributed by atoms with E-state index in [1.54, 1.807) is 88.3 Å².